The lowest BCUT2D eigenvalue weighted by Crippen LogP contribution is -2.27. The third-order valence-corrected chi connectivity index (χ3v) is 6.00. The minimum atomic E-state index is 0.0318. The van der Waals surface area contributed by atoms with Gasteiger partial charge in [0.1, 0.15) is 0 Å². The molecule has 0 aliphatic heterocycles. The summed E-state index contributed by atoms with van der Waals surface area (Å²) >= 11 is 4.67. The summed E-state index contributed by atoms with van der Waals surface area (Å²) in [7, 11) is 0. The van der Waals surface area contributed by atoms with Crippen LogP contribution in [-0.4, -0.2) is 40.7 Å². The molecule has 1 aromatic carbocycles. The summed E-state index contributed by atoms with van der Waals surface area (Å²) in [6.45, 7) is 3.73. The van der Waals surface area contributed by atoms with Gasteiger partial charge in [0.05, 0.1) is 5.75 Å². The molecule has 0 atom stereocenters. The van der Waals surface area contributed by atoms with Crippen LogP contribution in [-0.2, 0) is 4.79 Å². The van der Waals surface area contributed by atoms with E-state index in [1.165, 1.54) is 28.0 Å². The molecule has 8 heteroatoms. The van der Waals surface area contributed by atoms with Crippen LogP contribution in [0.5, 0.6) is 0 Å². The van der Waals surface area contributed by atoms with E-state index in [-0.39, 0.29) is 5.91 Å². The van der Waals surface area contributed by atoms with E-state index in [1.807, 2.05) is 18.2 Å². The Morgan fingerprint density at radius 3 is 2.79 bits per heavy atom. The summed E-state index contributed by atoms with van der Waals surface area (Å²) in [6, 6.07) is 10.2. The summed E-state index contributed by atoms with van der Waals surface area (Å²) in [5.41, 5.74) is 0. The topological polar surface area (TPSA) is 66.9 Å². The fourth-order valence-electron chi connectivity index (χ4n) is 1.77. The second kappa shape index (κ2) is 11.3. The summed E-state index contributed by atoms with van der Waals surface area (Å²) < 4.78 is 0.822. The maximum Gasteiger partial charge on any atom is 0.230 e. The second-order valence-corrected chi connectivity index (χ2v) is 8.32. The number of rotatable bonds is 11. The normalized spacial score (nSPS) is 10.5. The lowest BCUT2D eigenvalue weighted by molar-refractivity contribution is -0.118. The van der Waals surface area contributed by atoms with E-state index in [0.717, 1.165) is 34.6 Å². The van der Waals surface area contributed by atoms with Gasteiger partial charge in [-0.1, -0.05) is 54.6 Å². The number of anilines is 1. The smallest absolute Gasteiger partial charge is 0.230 e. The Bertz CT molecular complexity index is 606. The van der Waals surface area contributed by atoms with Crippen molar-refractivity contribution in [1.29, 1.82) is 0 Å². The first kappa shape index (κ1) is 19.1. The van der Waals surface area contributed by atoms with Crippen LogP contribution in [0.25, 0.3) is 0 Å². The zero-order valence-electron chi connectivity index (χ0n) is 13.7. The first-order valence-electron chi connectivity index (χ1n) is 7.92. The highest BCUT2D eigenvalue weighted by Crippen LogP contribution is 2.25. The van der Waals surface area contributed by atoms with Crippen LogP contribution in [0, 0.1) is 0 Å². The molecule has 0 bridgehead atoms. The van der Waals surface area contributed by atoms with E-state index < -0.39 is 0 Å². The molecule has 0 radical (unpaired) electrons. The van der Waals surface area contributed by atoms with Crippen LogP contribution in [0.3, 0.4) is 0 Å². The first-order chi connectivity index (χ1) is 11.8. The van der Waals surface area contributed by atoms with Crippen LogP contribution in [0.4, 0.5) is 5.13 Å². The van der Waals surface area contributed by atoms with E-state index in [0.29, 0.717) is 12.3 Å². The Morgan fingerprint density at radius 1 is 1.17 bits per heavy atom. The molecular weight excluding hydrogens is 360 g/mol. The summed E-state index contributed by atoms with van der Waals surface area (Å²) in [6.07, 6.45) is 2.27. The molecule has 24 heavy (non-hydrogen) atoms. The van der Waals surface area contributed by atoms with Crippen molar-refractivity contribution in [3.8, 4) is 0 Å². The summed E-state index contributed by atoms with van der Waals surface area (Å²) in [4.78, 5) is 13.1. The van der Waals surface area contributed by atoms with Crippen molar-refractivity contribution in [2.75, 3.05) is 29.9 Å². The van der Waals surface area contributed by atoms with E-state index in [2.05, 4.69) is 39.9 Å². The van der Waals surface area contributed by atoms with Gasteiger partial charge in [0.25, 0.3) is 0 Å². The van der Waals surface area contributed by atoms with Gasteiger partial charge >= 0.3 is 0 Å². The molecule has 130 valence electrons. The fourth-order valence-corrected chi connectivity index (χ4v) is 4.16. The van der Waals surface area contributed by atoms with Crippen molar-refractivity contribution in [3.05, 3.63) is 30.3 Å². The number of carbonyl (C=O) groups excluding carboxylic acids is 1. The molecule has 0 unspecified atom stereocenters. The molecule has 0 fully saturated rings. The SMILES string of the molecule is CCCCNc1nnc(SCC(=O)NCCSc2ccccc2)s1. The van der Waals surface area contributed by atoms with Gasteiger partial charge in [0, 0.05) is 23.7 Å². The molecule has 2 aromatic rings. The van der Waals surface area contributed by atoms with E-state index in [1.54, 1.807) is 11.8 Å². The molecule has 1 aromatic heterocycles. The van der Waals surface area contributed by atoms with Gasteiger partial charge in [-0.15, -0.1) is 22.0 Å². The van der Waals surface area contributed by atoms with Crippen LogP contribution in [0.15, 0.2) is 39.6 Å². The second-order valence-electron chi connectivity index (χ2n) is 4.95. The van der Waals surface area contributed by atoms with Crippen molar-refractivity contribution in [1.82, 2.24) is 15.5 Å². The predicted molar refractivity (Wildman–Crippen MR) is 104 cm³/mol. The average molecular weight is 383 g/mol. The third kappa shape index (κ3) is 7.55. The maximum atomic E-state index is 11.8. The molecule has 2 rings (SSSR count). The summed E-state index contributed by atoms with van der Waals surface area (Å²) in [5, 5.41) is 15.2. The molecule has 0 spiro atoms. The zero-order valence-corrected chi connectivity index (χ0v) is 16.1. The van der Waals surface area contributed by atoms with Crippen molar-refractivity contribution in [2.24, 2.45) is 0 Å². The Labute approximate surface area is 155 Å². The Kier molecular flexibility index (Phi) is 9.01. The van der Waals surface area contributed by atoms with Gasteiger partial charge in [-0.05, 0) is 18.6 Å². The van der Waals surface area contributed by atoms with E-state index in [9.17, 15) is 4.79 Å². The minimum absolute atomic E-state index is 0.0318. The fraction of sp³-hybridized carbons (Fsp3) is 0.438. The van der Waals surface area contributed by atoms with Gasteiger partial charge < -0.3 is 10.6 Å². The van der Waals surface area contributed by atoms with E-state index >= 15 is 0 Å². The standard InChI is InChI=1S/C16H22N4OS3/c1-2-3-9-18-15-19-20-16(24-15)23-12-14(21)17-10-11-22-13-7-5-4-6-8-13/h4-8H,2-3,9-12H2,1H3,(H,17,21)(H,18,19). The van der Waals surface area contributed by atoms with Crippen LogP contribution >= 0.6 is 34.9 Å². The van der Waals surface area contributed by atoms with Crippen molar-refractivity contribution < 1.29 is 4.79 Å². The maximum absolute atomic E-state index is 11.8. The number of carbonyl (C=O) groups is 1. The Hall–Kier alpha value is -1.25. The quantitative estimate of drug-likeness (QED) is 0.456. The van der Waals surface area contributed by atoms with Crippen LogP contribution in [0.1, 0.15) is 19.8 Å². The monoisotopic (exact) mass is 382 g/mol. The number of unbranched alkanes of at least 4 members (excludes halogenated alkanes) is 1. The van der Waals surface area contributed by atoms with Crippen molar-refractivity contribution in [3.63, 3.8) is 0 Å². The van der Waals surface area contributed by atoms with Gasteiger partial charge in [-0.25, -0.2) is 0 Å². The number of benzene rings is 1. The molecule has 0 saturated heterocycles. The number of amides is 1. The molecule has 0 aliphatic carbocycles. The summed E-state index contributed by atoms with van der Waals surface area (Å²) in [5.74, 6) is 1.27. The lowest BCUT2D eigenvalue weighted by atomic mass is 10.3. The van der Waals surface area contributed by atoms with Crippen LogP contribution < -0.4 is 10.6 Å². The average Bonchev–Trinajstić information content (AvgIpc) is 3.06. The van der Waals surface area contributed by atoms with Gasteiger partial charge in [0.2, 0.25) is 11.0 Å². The van der Waals surface area contributed by atoms with Crippen molar-refractivity contribution in [2.45, 2.75) is 29.0 Å². The Balaban J connectivity index is 1.57. The predicted octanol–water partition coefficient (Wildman–Crippen LogP) is 3.75. The van der Waals surface area contributed by atoms with Crippen molar-refractivity contribution >= 4 is 45.9 Å². The third-order valence-electron chi connectivity index (χ3n) is 2.98. The molecule has 1 amide bonds. The number of nitrogens with zero attached hydrogens (tertiary/aromatic N) is 2. The van der Waals surface area contributed by atoms with Crippen LogP contribution in [0.2, 0.25) is 0 Å². The highest BCUT2D eigenvalue weighted by atomic mass is 32.2. The van der Waals surface area contributed by atoms with Gasteiger partial charge in [0.15, 0.2) is 4.34 Å². The van der Waals surface area contributed by atoms with Gasteiger partial charge in [-0.3, -0.25) is 4.79 Å². The Morgan fingerprint density at radius 2 is 2.00 bits per heavy atom. The lowest BCUT2D eigenvalue weighted by Gasteiger charge is -2.04. The molecule has 2 N–H and O–H groups in total. The molecule has 0 saturated carbocycles. The number of aromatic nitrogens is 2. The van der Waals surface area contributed by atoms with E-state index in [4.69, 9.17) is 0 Å². The number of hydrogen-bond donors (Lipinski definition) is 2. The zero-order chi connectivity index (χ0) is 17.0. The highest BCUT2D eigenvalue weighted by molar-refractivity contribution is 8.01. The number of nitrogens with one attached hydrogen (secondary N) is 2. The first-order valence-corrected chi connectivity index (χ1v) is 10.7. The molecular formula is C16H22N4OS3. The molecule has 1 heterocycles. The van der Waals surface area contributed by atoms with Gasteiger partial charge in [-0.2, -0.15) is 0 Å². The minimum Gasteiger partial charge on any atom is -0.360 e. The number of hydrogen-bond acceptors (Lipinski definition) is 7. The number of thioether (sulfide) groups is 2. The molecule has 0 aliphatic rings. The largest absolute Gasteiger partial charge is 0.360 e. The highest BCUT2D eigenvalue weighted by Gasteiger charge is 2.07. The molecule has 5 nitrogen and oxygen atoms in total.